The Bertz CT molecular complexity index is 673. The monoisotopic (exact) mass is 313 g/mol. The Morgan fingerprint density at radius 3 is 2.82 bits per heavy atom. The molecule has 1 aliphatic rings. The smallest absolute Gasteiger partial charge is 0.281 e. The van der Waals surface area contributed by atoms with Crippen molar-refractivity contribution in [3.05, 3.63) is 51.7 Å². The molecule has 114 valence electrons. The molecule has 1 N–H and O–H groups in total. The van der Waals surface area contributed by atoms with Crippen LogP contribution in [-0.2, 0) is 0 Å². The second kappa shape index (κ2) is 6.75. The first-order valence-electron chi connectivity index (χ1n) is 7.46. The first kappa shape index (κ1) is 14.8. The van der Waals surface area contributed by atoms with Gasteiger partial charge in [0.05, 0.1) is 11.1 Å². The fourth-order valence-corrected chi connectivity index (χ4v) is 3.31. The zero-order valence-electron chi connectivity index (χ0n) is 12.6. The van der Waals surface area contributed by atoms with Crippen LogP contribution in [0.2, 0.25) is 0 Å². The van der Waals surface area contributed by atoms with E-state index in [2.05, 4.69) is 34.5 Å². The summed E-state index contributed by atoms with van der Waals surface area (Å²) >= 11 is 1.40. The maximum absolute atomic E-state index is 11.8. The number of anilines is 1. The second-order valence-electron chi connectivity index (χ2n) is 5.42. The van der Waals surface area contributed by atoms with Crippen LogP contribution >= 0.6 is 11.3 Å². The topological polar surface area (TPSA) is 44.7 Å². The minimum Gasteiger partial charge on any atom is -0.371 e. The van der Waals surface area contributed by atoms with E-state index in [1.165, 1.54) is 35.4 Å². The number of aryl methyl sites for hydroxylation is 1. The van der Waals surface area contributed by atoms with Crippen LogP contribution in [0.3, 0.4) is 0 Å². The number of hydrazone groups is 1. The van der Waals surface area contributed by atoms with Gasteiger partial charge < -0.3 is 4.90 Å². The molecule has 0 spiro atoms. The fourth-order valence-electron chi connectivity index (χ4n) is 2.70. The van der Waals surface area contributed by atoms with Crippen LogP contribution in [0.15, 0.2) is 40.8 Å². The van der Waals surface area contributed by atoms with Gasteiger partial charge >= 0.3 is 0 Å². The van der Waals surface area contributed by atoms with Gasteiger partial charge in [-0.2, -0.15) is 5.10 Å². The molecule has 22 heavy (non-hydrogen) atoms. The third kappa shape index (κ3) is 3.36. The van der Waals surface area contributed by atoms with Crippen molar-refractivity contribution in [3.8, 4) is 0 Å². The largest absolute Gasteiger partial charge is 0.371 e. The number of carbonyl (C=O) groups excluding carboxylic acids is 1. The van der Waals surface area contributed by atoms with Crippen molar-refractivity contribution in [1.82, 2.24) is 5.43 Å². The molecule has 1 fully saturated rings. The first-order chi connectivity index (χ1) is 10.7. The molecule has 0 bridgehead atoms. The molecular weight excluding hydrogens is 294 g/mol. The molecule has 1 saturated heterocycles. The highest BCUT2D eigenvalue weighted by atomic mass is 32.1. The van der Waals surface area contributed by atoms with E-state index >= 15 is 0 Å². The van der Waals surface area contributed by atoms with Crippen LogP contribution in [0.4, 0.5) is 5.69 Å². The van der Waals surface area contributed by atoms with Crippen molar-refractivity contribution in [2.75, 3.05) is 18.0 Å². The van der Waals surface area contributed by atoms with Gasteiger partial charge in [0.15, 0.2) is 0 Å². The fraction of sp³-hybridized carbons (Fsp3) is 0.294. The first-order valence-corrected chi connectivity index (χ1v) is 8.34. The van der Waals surface area contributed by atoms with Crippen molar-refractivity contribution in [2.45, 2.75) is 19.8 Å². The number of hydrogen-bond acceptors (Lipinski definition) is 4. The normalized spacial score (nSPS) is 14.7. The van der Waals surface area contributed by atoms with Crippen molar-refractivity contribution >= 4 is 29.1 Å². The lowest BCUT2D eigenvalue weighted by atomic mass is 10.1. The zero-order valence-corrected chi connectivity index (χ0v) is 13.4. The Morgan fingerprint density at radius 1 is 1.32 bits per heavy atom. The third-order valence-corrected chi connectivity index (χ3v) is 4.66. The Hall–Kier alpha value is -2.14. The van der Waals surface area contributed by atoms with Gasteiger partial charge in [-0.05, 0) is 54.5 Å². The summed E-state index contributed by atoms with van der Waals surface area (Å²) in [7, 11) is 0. The van der Waals surface area contributed by atoms with Gasteiger partial charge in [-0.3, -0.25) is 4.79 Å². The number of hydrogen-bond donors (Lipinski definition) is 1. The summed E-state index contributed by atoms with van der Waals surface area (Å²) in [5.41, 5.74) is 6.09. The van der Waals surface area contributed by atoms with Crippen LogP contribution < -0.4 is 10.3 Å². The minimum absolute atomic E-state index is 0.170. The highest BCUT2D eigenvalue weighted by Gasteiger charge is 2.14. The zero-order chi connectivity index (χ0) is 15.4. The van der Waals surface area contributed by atoms with Crippen LogP contribution in [0.5, 0.6) is 0 Å². The third-order valence-electron chi connectivity index (χ3n) is 3.79. The summed E-state index contributed by atoms with van der Waals surface area (Å²) in [6.45, 7) is 4.41. The van der Waals surface area contributed by atoms with Crippen molar-refractivity contribution in [3.63, 3.8) is 0 Å². The summed E-state index contributed by atoms with van der Waals surface area (Å²) in [4.78, 5) is 14.9. The lowest BCUT2D eigenvalue weighted by Crippen LogP contribution is -2.18. The number of carbonyl (C=O) groups is 1. The number of rotatable bonds is 4. The molecule has 5 heteroatoms. The average Bonchev–Trinajstić information content (AvgIpc) is 3.21. The predicted molar refractivity (Wildman–Crippen MR) is 92.0 cm³/mol. The molecule has 0 radical (unpaired) electrons. The predicted octanol–water partition coefficient (Wildman–Crippen LogP) is 3.42. The van der Waals surface area contributed by atoms with E-state index in [1.807, 2.05) is 17.5 Å². The van der Waals surface area contributed by atoms with Crippen LogP contribution in [0, 0.1) is 6.92 Å². The van der Waals surface area contributed by atoms with Gasteiger partial charge in [0.2, 0.25) is 0 Å². The van der Waals surface area contributed by atoms with Gasteiger partial charge in [0.25, 0.3) is 5.91 Å². The minimum atomic E-state index is -0.170. The van der Waals surface area contributed by atoms with E-state index in [-0.39, 0.29) is 5.91 Å². The Kier molecular flexibility index (Phi) is 4.53. The van der Waals surface area contributed by atoms with Gasteiger partial charge in [0.1, 0.15) is 0 Å². The summed E-state index contributed by atoms with van der Waals surface area (Å²) in [5.74, 6) is -0.170. The van der Waals surface area contributed by atoms with E-state index in [0.717, 1.165) is 18.7 Å². The molecule has 0 aliphatic carbocycles. The molecular formula is C17H19N3OS. The number of amides is 1. The Balaban J connectivity index is 1.64. The summed E-state index contributed by atoms with van der Waals surface area (Å²) in [6.07, 6.45) is 4.24. The highest BCUT2D eigenvalue weighted by molar-refractivity contribution is 7.12. The molecule has 1 aromatic carbocycles. The van der Waals surface area contributed by atoms with Gasteiger partial charge in [0, 0.05) is 18.8 Å². The number of thiophene rings is 1. The van der Waals surface area contributed by atoms with E-state index in [1.54, 1.807) is 12.3 Å². The van der Waals surface area contributed by atoms with E-state index < -0.39 is 0 Å². The lowest BCUT2D eigenvalue weighted by Gasteiger charge is -2.20. The van der Waals surface area contributed by atoms with E-state index in [4.69, 9.17) is 0 Å². The molecule has 4 nitrogen and oxygen atoms in total. The van der Waals surface area contributed by atoms with Crippen LogP contribution in [-0.4, -0.2) is 25.2 Å². The highest BCUT2D eigenvalue weighted by Crippen LogP contribution is 2.24. The molecule has 3 rings (SSSR count). The quantitative estimate of drug-likeness (QED) is 0.694. The van der Waals surface area contributed by atoms with Crippen molar-refractivity contribution in [1.29, 1.82) is 0 Å². The molecule has 0 unspecified atom stereocenters. The molecule has 2 heterocycles. The van der Waals surface area contributed by atoms with Gasteiger partial charge in [-0.1, -0.05) is 12.1 Å². The standard InChI is InChI=1S/C17H19N3OS/c1-13-11-14(6-7-15(13)20-8-2-3-9-20)12-18-19-17(21)16-5-4-10-22-16/h4-7,10-12H,2-3,8-9H2,1H3,(H,19,21)/b18-12-. The maximum atomic E-state index is 11.8. The molecule has 2 aromatic rings. The molecule has 0 saturated carbocycles. The molecule has 1 aromatic heterocycles. The molecule has 0 atom stereocenters. The summed E-state index contributed by atoms with van der Waals surface area (Å²) < 4.78 is 0. The maximum Gasteiger partial charge on any atom is 0.281 e. The number of benzene rings is 1. The summed E-state index contributed by atoms with van der Waals surface area (Å²) in [5, 5.41) is 5.91. The Labute approximate surface area is 134 Å². The lowest BCUT2D eigenvalue weighted by molar-refractivity contribution is 0.0959. The number of nitrogens with one attached hydrogen (secondary N) is 1. The molecule has 1 aliphatic heterocycles. The van der Waals surface area contributed by atoms with Gasteiger partial charge in [-0.25, -0.2) is 5.43 Å². The molecule has 1 amide bonds. The average molecular weight is 313 g/mol. The van der Waals surface area contributed by atoms with Crippen LogP contribution in [0.25, 0.3) is 0 Å². The summed E-state index contributed by atoms with van der Waals surface area (Å²) in [6, 6.07) is 9.92. The second-order valence-corrected chi connectivity index (χ2v) is 6.36. The van der Waals surface area contributed by atoms with E-state index in [0.29, 0.717) is 4.88 Å². The van der Waals surface area contributed by atoms with E-state index in [9.17, 15) is 4.79 Å². The van der Waals surface area contributed by atoms with Crippen molar-refractivity contribution < 1.29 is 4.79 Å². The SMILES string of the molecule is Cc1cc(/C=N\NC(=O)c2cccs2)ccc1N1CCCC1. The van der Waals surface area contributed by atoms with Crippen LogP contribution in [0.1, 0.15) is 33.6 Å². The Morgan fingerprint density at radius 2 is 2.14 bits per heavy atom. The number of nitrogens with zero attached hydrogens (tertiary/aromatic N) is 2. The van der Waals surface area contributed by atoms with Gasteiger partial charge in [-0.15, -0.1) is 11.3 Å². The van der Waals surface area contributed by atoms with Crippen molar-refractivity contribution in [2.24, 2.45) is 5.10 Å².